The van der Waals surface area contributed by atoms with E-state index in [0.29, 0.717) is 0 Å². The van der Waals surface area contributed by atoms with Crippen molar-refractivity contribution in [1.29, 1.82) is 0 Å². The molecule has 0 radical (unpaired) electrons. The first-order valence-electron chi connectivity index (χ1n) is 1.63. The Hall–Kier alpha value is -0.0800. The highest BCUT2D eigenvalue weighted by molar-refractivity contribution is 7.84. The van der Waals surface area contributed by atoms with Crippen LogP contribution in [0.2, 0.25) is 0 Å². The van der Waals surface area contributed by atoms with Crippen molar-refractivity contribution >= 4 is 22.2 Å². The summed E-state index contributed by atoms with van der Waals surface area (Å²) in [7, 11) is -5.89. The van der Waals surface area contributed by atoms with Gasteiger partial charge in [0, 0.05) is 15.6 Å². The Labute approximate surface area is 58.6 Å². The molecule has 0 heterocycles. The first kappa shape index (κ1) is 9.92. The van der Waals surface area contributed by atoms with Crippen molar-refractivity contribution in [2.75, 3.05) is 0 Å². The van der Waals surface area contributed by atoms with E-state index in [1.807, 2.05) is 0 Å². The average molecular weight is 202 g/mol. The zero-order chi connectivity index (χ0) is 8.58. The van der Waals surface area contributed by atoms with Crippen LogP contribution >= 0.6 is 11.8 Å². The van der Waals surface area contributed by atoms with Gasteiger partial charge in [-0.3, -0.25) is 0 Å². The van der Waals surface area contributed by atoms with Gasteiger partial charge < -0.3 is 0 Å². The van der Waals surface area contributed by atoms with E-state index in [2.05, 4.69) is 11.8 Å². The summed E-state index contributed by atoms with van der Waals surface area (Å²) < 4.78 is 61.6. The van der Waals surface area contributed by atoms with Crippen molar-refractivity contribution in [1.82, 2.24) is 3.82 Å². The highest BCUT2D eigenvalue weighted by Gasteiger charge is 2.45. The first-order valence-corrected chi connectivity index (χ1v) is 3.31. The minimum absolute atomic E-state index is 1.85. The Morgan fingerprint density at radius 1 is 1.30 bits per heavy atom. The molecule has 0 atom stereocenters. The molecular formula is CClF4NO2S. The van der Waals surface area contributed by atoms with Crippen LogP contribution in [-0.2, 0) is 10.4 Å². The molecule has 62 valence electrons. The van der Waals surface area contributed by atoms with Crippen molar-refractivity contribution in [2.24, 2.45) is 0 Å². The van der Waals surface area contributed by atoms with Gasteiger partial charge in [-0.15, -0.1) is 0 Å². The third-order valence-corrected chi connectivity index (χ3v) is 1.67. The van der Waals surface area contributed by atoms with Crippen LogP contribution in [-0.4, -0.2) is 18.5 Å². The first-order chi connectivity index (χ1) is 4.15. The van der Waals surface area contributed by atoms with Crippen LogP contribution in [0.15, 0.2) is 0 Å². The molecule has 0 aromatic carbocycles. The molecule has 0 rings (SSSR count). The Bertz CT molecular complexity index is 208. The zero-order valence-corrected chi connectivity index (χ0v) is 5.63. The van der Waals surface area contributed by atoms with E-state index in [1.165, 1.54) is 0 Å². The molecule has 0 amide bonds. The second kappa shape index (κ2) is 2.51. The Morgan fingerprint density at radius 2 is 1.60 bits per heavy atom. The van der Waals surface area contributed by atoms with Gasteiger partial charge in [0.1, 0.15) is 0 Å². The van der Waals surface area contributed by atoms with Crippen LogP contribution in [0, 0.1) is 0 Å². The van der Waals surface area contributed by atoms with E-state index in [4.69, 9.17) is 0 Å². The summed E-state index contributed by atoms with van der Waals surface area (Å²) in [4.78, 5) is 0. The van der Waals surface area contributed by atoms with Crippen molar-refractivity contribution in [3.8, 4) is 0 Å². The van der Waals surface area contributed by atoms with Gasteiger partial charge in [-0.25, -0.2) is 0 Å². The Kier molecular flexibility index (Phi) is 2.49. The molecule has 0 bridgehead atoms. The standard InChI is InChI=1S/CClF4NO2S/c2-7(1(3,4)5)10(6,8)9. The summed E-state index contributed by atoms with van der Waals surface area (Å²) in [5, 5.41) is 0. The van der Waals surface area contributed by atoms with Crippen molar-refractivity contribution in [3.05, 3.63) is 0 Å². The topological polar surface area (TPSA) is 37.4 Å². The summed E-state index contributed by atoms with van der Waals surface area (Å²) >= 11 is 3.98. The molecule has 0 spiro atoms. The third-order valence-electron chi connectivity index (χ3n) is 0.391. The fraction of sp³-hybridized carbons (Fsp3) is 1.00. The second-order valence-electron chi connectivity index (χ2n) is 1.12. The second-order valence-corrected chi connectivity index (χ2v) is 2.85. The molecule has 0 aromatic heterocycles. The van der Waals surface area contributed by atoms with E-state index >= 15 is 0 Å². The van der Waals surface area contributed by atoms with Gasteiger partial charge in [-0.05, 0) is 0 Å². The quantitative estimate of drug-likeness (QED) is 0.276. The molecule has 0 aromatic rings. The zero-order valence-electron chi connectivity index (χ0n) is 4.06. The maximum absolute atomic E-state index is 11.3. The smallest absolute Gasteiger partial charge is 0.175 e. The average Bonchev–Trinajstić information content (AvgIpc) is 1.59. The minimum atomic E-state index is -5.89. The largest absolute Gasteiger partial charge is 0.489 e. The number of alkyl halides is 3. The fourth-order valence-electron chi connectivity index (χ4n) is 0.124. The monoisotopic (exact) mass is 201 g/mol. The summed E-state index contributed by atoms with van der Waals surface area (Å²) in [6.07, 6.45) is -5.42. The predicted molar refractivity (Wildman–Crippen MR) is 23.8 cm³/mol. The van der Waals surface area contributed by atoms with Crippen LogP contribution in [0.25, 0.3) is 0 Å². The SMILES string of the molecule is O=S(=O)(F)N(Cl)C(F)(F)F. The summed E-state index contributed by atoms with van der Waals surface area (Å²) in [6, 6.07) is 0. The van der Waals surface area contributed by atoms with Crippen LogP contribution in [0.4, 0.5) is 17.1 Å². The van der Waals surface area contributed by atoms with Gasteiger partial charge in [0.2, 0.25) is 0 Å². The molecule has 0 fully saturated rings. The number of rotatable bonds is 1. The third kappa shape index (κ3) is 2.67. The highest BCUT2D eigenvalue weighted by Crippen LogP contribution is 2.27. The molecule has 0 saturated heterocycles. The lowest BCUT2D eigenvalue weighted by Crippen LogP contribution is -2.32. The lowest BCUT2D eigenvalue weighted by atomic mass is 11.2. The molecule has 0 aliphatic carbocycles. The summed E-state index contributed by atoms with van der Waals surface area (Å²) in [5.41, 5.74) is 0. The van der Waals surface area contributed by atoms with Crippen LogP contribution in [0.5, 0.6) is 0 Å². The lowest BCUT2D eigenvalue weighted by molar-refractivity contribution is -0.182. The summed E-state index contributed by atoms with van der Waals surface area (Å²) in [6.45, 7) is 0. The molecule has 0 aliphatic heterocycles. The lowest BCUT2D eigenvalue weighted by Gasteiger charge is -2.10. The molecule has 9 heteroatoms. The van der Waals surface area contributed by atoms with E-state index in [9.17, 15) is 25.5 Å². The number of nitrogens with zero attached hydrogens (tertiary/aromatic N) is 1. The van der Waals surface area contributed by atoms with Gasteiger partial charge in [0.05, 0.1) is 0 Å². The van der Waals surface area contributed by atoms with Crippen LogP contribution in [0.3, 0.4) is 0 Å². The van der Waals surface area contributed by atoms with E-state index < -0.39 is 20.5 Å². The van der Waals surface area contributed by atoms with Crippen molar-refractivity contribution in [3.63, 3.8) is 0 Å². The van der Waals surface area contributed by atoms with Crippen LogP contribution < -0.4 is 0 Å². The van der Waals surface area contributed by atoms with Crippen LogP contribution in [0.1, 0.15) is 0 Å². The maximum Gasteiger partial charge on any atom is 0.489 e. The van der Waals surface area contributed by atoms with Gasteiger partial charge in [-0.1, -0.05) is 3.89 Å². The normalized spacial score (nSPS) is 14.2. The maximum atomic E-state index is 11.3. The Morgan fingerprint density at radius 3 is 1.60 bits per heavy atom. The Balaban J connectivity index is 4.56. The number of hydrogen-bond donors (Lipinski definition) is 0. The van der Waals surface area contributed by atoms with Gasteiger partial charge in [0.25, 0.3) is 0 Å². The van der Waals surface area contributed by atoms with E-state index in [1.54, 1.807) is 0 Å². The molecule has 10 heavy (non-hydrogen) atoms. The van der Waals surface area contributed by atoms with Gasteiger partial charge >= 0.3 is 16.7 Å². The minimum Gasteiger partial charge on any atom is -0.175 e. The number of hydrogen-bond acceptors (Lipinski definition) is 2. The van der Waals surface area contributed by atoms with Gasteiger partial charge in [-0.2, -0.15) is 21.6 Å². The van der Waals surface area contributed by atoms with Crippen molar-refractivity contribution < 1.29 is 25.5 Å². The van der Waals surface area contributed by atoms with Gasteiger partial charge in [0.15, 0.2) is 0 Å². The predicted octanol–water partition coefficient (Wildman–Crippen LogP) is 1.18. The fourth-order valence-corrected chi connectivity index (χ4v) is 0.371. The molecular weight excluding hydrogens is 202 g/mol. The number of halogens is 5. The van der Waals surface area contributed by atoms with E-state index in [0.717, 1.165) is 0 Å². The molecule has 0 unspecified atom stereocenters. The molecule has 3 nitrogen and oxygen atoms in total. The molecule has 0 saturated carbocycles. The van der Waals surface area contributed by atoms with Crippen molar-refractivity contribution in [2.45, 2.75) is 6.30 Å². The molecule has 0 N–H and O–H groups in total. The van der Waals surface area contributed by atoms with E-state index in [-0.39, 0.29) is 0 Å². The summed E-state index contributed by atoms with van der Waals surface area (Å²) in [5.74, 6) is 0. The molecule has 0 aliphatic rings. The highest BCUT2D eigenvalue weighted by atomic mass is 35.5.